The topological polar surface area (TPSA) is 45.5 Å². The maximum atomic E-state index is 12.9. The van der Waals surface area contributed by atoms with E-state index in [1.54, 1.807) is 6.26 Å². The Kier molecular flexibility index (Phi) is 3.35. The lowest BCUT2D eigenvalue weighted by molar-refractivity contribution is -0.144. The van der Waals surface area contributed by atoms with E-state index in [2.05, 4.69) is 12.2 Å². The maximum absolute atomic E-state index is 12.9. The third-order valence-electron chi connectivity index (χ3n) is 4.38. The number of rotatable bonds is 4. The lowest BCUT2D eigenvalue weighted by Crippen LogP contribution is -2.48. The van der Waals surface area contributed by atoms with Gasteiger partial charge in [0.2, 0.25) is 5.91 Å². The molecule has 4 nitrogen and oxygen atoms in total. The largest absolute Gasteiger partial charge is 0.467 e. The van der Waals surface area contributed by atoms with Crippen LogP contribution in [0.4, 0.5) is 0 Å². The molecule has 4 heteroatoms. The Labute approximate surface area is 114 Å². The number of carbonyl (C=O) groups excluding carboxylic acids is 1. The Balaban J connectivity index is 1.74. The molecule has 2 aliphatic rings. The van der Waals surface area contributed by atoms with Crippen LogP contribution >= 0.6 is 0 Å². The fraction of sp³-hybridized carbons (Fsp3) is 0.667. The van der Waals surface area contributed by atoms with Gasteiger partial charge in [-0.2, -0.15) is 0 Å². The van der Waals surface area contributed by atoms with Crippen LogP contribution < -0.4 is 5.32 Å². The van der Waals surface area contributed by atoms with Gasteiger partial charge in [-0.1, -0.05) is 6.92 Å². The Morgan fingerprint density at radius 3 is 2.79 bits per heavy atom. The summed E-state index contributed by atoms with van der Waals surface area (Å²) >= 11 is 0. The van der Waals surface area contributed by atoms with Crippen molar-refractivity contribution in [1.82, 2.24) is 10.2 Å². The second-order valence-electron chi connectivity index (χ2n) is 6.05. The molecule has 1 saturated carbocycles. The van der Waals surface area contributed by atoms with Gasteiger partial charge in [-0.05, 0) is 50.9 Å². The molecule has 19 heavy (non-hydrogen) atoms. The van der Waals surface area contributed by atoms with Crippen LogP contribution in [0, 0.1) is 5.41 Å². The van der Waals surface area contributed by atoms with Crippen LogP contribution in [0.15, 0.2) is 22.8 Å². The van der Waals surface area contributed by atoms with Crippen LogP contribution in [0.1, 0.15) is 38.4 Å². The normalized spacial score (nSPS) is 22.2. The summed E-state index contributed by atoms with van der Waals surface area (Å²) in [4.78, 5) is 14.9. The smallest absolute Gasteiger partial charge is 0.229 e. The van der Waals surface area contributed by atoms with Gasteiger partial charge in [0.25, 0.3) is 0 Å². The summed E-state index contributed by atoms with van der Waals surface area (Å²) in [6.45, 7) is 4.64. The minimum Gasteiger partial charge on any atom is -0.467 e. The van der Waals surface area contributed by atoms with Gasteiger partial charge in [-0.15, -0.1) is 0 Å². The first-order valence-corrected chi connectivity index (χ1v) is 7.23. The Morgan fingerprint density at radius 2 is 2.21 bits per heavy atom. The molecule has 2 heterocycles. The molecule has 1 amide bonds. The second-order valence-corrected chi connectivity index (χ2v) is 6.05. The third kappa shape index (κ3) is 2.68. The zero-order chi connectivity index (χ0) is 13.3. The number of nitrogens with one attached hydrogen (secondary N) is 1. The number of carbonyl (C=O) groups is 1. The van der Waals surface area contributed by atoms with Crippen LogP contribution in [-0.2, 0) is 11.3 Å². The zero-order valence-corrected chi connectivity index (χ0v) is 11.5. The quantitative estimate of drug-likeness (QED) is 0.904. The summed E-state index contributed by atoms with van der Waals surface area (Å²) in [6, 6.07) is 4.27. The van der Waals surface area contributed by atoms with Crippen LogP contribution in [0.2, 0.25) is 0 Å². The van der Waals surface area contributed by atoms with E-state index >= 15 is 0 Å². The van der Waals surface area contributed by atoms with Crippen LogP contribution in [0.25, 0.3) is 0 Å². The number of nitrogens with zero attached hydrogens (tertiary/aromatic N) is 1. The van der Waals surface area contributed by atoms with Crippen molar-refractivity contribution in [1.29, 1.82) is 0 Å². The highest BCUT2D eigenvalue weighted by molar-refractivity contribution is 5.83. The van der Waals surface area contributed by atoms with E-state index in [0.29, 0.717) is 18.5 Å². The molecule has 0 spiro atoms. The molecular weight excluding hydrogens is 240 g/mol. The van der Waals surface area contributed by atoms with Crippen molar-refractivity contribution >= 4 is 5.91 Å². The van der Waals surface area contributed by atoms with E-state index in [-0.39, 0.29) is 5.41 Å². The van der Waals surface area contributed by atoms with Gasteiger partial charge >= 0.3 is 0 Å². The zero-order valence-electron chi connectivity index (χ0n) is 11.5. The first-order valence-electron chi connectivity index (χ1n) is 7.23. The predicted molar refractivity (Wildman–Crippen MR) is 72.5 cm³/mol. The number of hydrogen-bond donors (Lipinski definition) is 1. The van der Waals surface area contributed by atoms with Crippen molar-refractivity contribution in [2.24, 2.45) is 5.41 Å². The third-order valence-corrected chi connectivity index (χ3v) is 4.38. The van der Waals surface area contributed by atoms with E-state index in [0.717, 1.165) is 44.5 Å². The van der Waals surface area contributed by atoms with E-state index in [9.17, 15) is 4.79 Å². The minimum absolute atomic E-state index is 0.194. The first kappa shape index (κ1) is 12.7. The first-order chi connectivity index (χ1) is 9.19. The molecule has 0 unspecified atom stereocenters. The average Bonchev–Trinajstić information content (AvgIpc) is 3.13. The van der Waals surface area contributed by atoms with E-state index in [4.69, 9.17) is 4.42 Å². The summed E-state index contributed by atoms with van der Waals surface area (Å²) in [6.07, 6.45) is 5.83. The molecule has 0 bridgehead atoms. The molecule has 1 aliphatic heterocycles. The standard InChI is InChI=1S/C15H22N2O2/c1-15(6-8-16-9-7-15)14(18)17(12-4-5-12)11-13-3-2-10-19-13/h2-3,10,12,16H,4-9,11H2,1H3. The van der Waals surface area contributed by atoms with Gasteiger partial charge < -0.3 is 14.6 Å². The highest BCUT2D eigenvalue weighted by Gasteiger charge is 2.42. The maximum Gasteiger partial charge on any atom is 0.229 e. The molecule has 1 aliphatic carbocycles. The summed E-state index contributed by atoms with van der Waals surface area (Å²) in [5, 5.41) is 3.33. The molecule has 2 fully saturated rings. The van der Waals surface area contributed by atoms with Gasteiger partial charge in [-0.3, -0.25) is 4.79 Å². The highest BCUT2D eigenvalue weighted by Crippen LogP contribution is 2.36. The van der Waals surface area contributed by atoms with Crippen LogP contribution in [0.3, 0.4) is 0 Å². The van der Waals surface area contributed by atoms with Gasteiger partial charge in [0, 0.05) is 11.5 Å². The van der Waals surface area contributed by atoms with Gasteiger partial charge in [0.15, 0.2) is 0 Å². The molecule has 104 valence electrons. The number of hydrogen-bond acceptors (Lipinski definition) is 3. The molecule has 1 aromatic heterocycles. The van der Waals surface area contributed by atoms with Crippen LogP contribution in [-0.4, -0.2) is 29.9 Å². The van der Waals surface area contributed by atoms with Crippen molar-refractivity contribution in [2.75, 3.05) is 13.1 Å². The summed E-state index contributed by atoms with van der Waals surface area (Å²) in [5.41, 5.74) is -0.194. The van der Waals surface area contributed by atoms with Gasteiger partial charge in [0.05, 0.1) is 12.8 Å². The average molecular weight is 262 g/mol. The molecule has 0 atom stereocenters. The molecule has 1 aromatic rings. The van der Waals surface area contributed by atoms with E-state index in [1.165, 1.54) is 0 Å². The predicted octanol–water partition coefficient (Wildman–Crippen LogP) is 2.16. The monoisotopic (exact) mass is 262 g/mol. The summed E-state index contributed by atoms with van der Waals surface area (Å²) in [7, 11) is 0. The molecule has 0 aromatic carbocycles. The molecular formula is C15H22N2O2. The van der Waals surface area contributed by atoms with E-state index < -0.39 is 0 Å². The number of piperidine rings is 1. The van der Waals surface area contributed by atoms with Gasteiger partial charge in [-0.25, -0.2) is 0 Å². The van der Waals surface area contributed by atoms with Crippen molar-refractivity contribution in [3.8, 4) is 0 Å². The molecule has 0 radical (unpaired) electrons. The van der Waals surface area contributed by atoms with Crippen LogP contribution in [0.5, 0.6) is 0 Å². The van der Waals surface area contributed by atoms with Crippen molar-refractivity contribution < 1.29 is 9.21 Å². The Morgan fingerprint density at radius 1 is 1.47 bits per heavy atom. The molecule has 3 rings (SSSR count). The van der Waals surface area contributed by atoms with E-state index in [1.807, 2.05) is 17.0 Å². The SMILES string of the molecule is CC1(C(=O)N(Cc2ccco2)C2CC2)CCNCC1. The Hall–Kier alpha value is -1.29. The minimum atomic E-state index is -0.194. The van der Waals surface area contributed by atoms with Crippen molar-refractivity contribution in [3.63, 3.8) is 0 Å². The second kappa shape index (κ2) is 5.00. The lowest BCUT2D eigenvalue weighted by Gasteiger charge is -2.37. The fourth-order valence-corrected chi connectivity index (χ4v) is 2.86. The summed E-state index contributed by atoms with van der Waals surface area (Å²) in [5.74, 6) is 1.20. The molecule has 1 N–H and O–H groups in total. The lowest BCUT2D eigenvalue weighted by atomic mass is 9.79. The fourth-order valence-electron chi connectivity index (χ4n) is 2.86. The van der Waals surface area contributed by atoms with Gasteiger partial charge in [0.1, 0.15) is 5.76 Å². The molecule has 1 saturated heterocycles. The Bertz CT molecular complexity index is 431. The summed E-state index contributed by atoms with van der Waals surface area (Å²) < 4.78 is 5.41. The van der Waals surface area contributed by atoms with Crippen molar-refractivity contribution in [3.05, 3.63) is 24.2 Å². The van der Waals surface area contributed by atoms with Crippen molar-refractivity contribution in [2.45, 2.75) is 45.2 Å². The highest BCUT2D eigenvalue weighted by atomic mass is 16.3. The number of furan rings is 1. The number of amides is 1.